The van der Waals surface area contributed by atoms with E-state index in [9.17, 15) is 9.59 Å². The van der Waals surface area contributed by atoms with Crippen molar-refractivity contribution < 1.29 is 23.5 Å². The van der Waals surface area contributed by atoms with Gasteiger partial charge in [0.1, 0.15) is 17.1 Å². The molecule has 0 fully saturated rings. The Hall–Kier alpha value is -4.09. The Labute approximate surface area is 188 Å². The first-order chi connectivity index (χ1) is 15.6. The molecule has 0 aliphatic carbocycles. The molecule has 0 N–H and O–H groups in total. The number of carbonyl (C=O) groups excluding carboxylic acids is 2. The van der Waals surface area contributed by atoms with Crippen molar-refractivity contribution in [2.24, 2.45) is 0 Å². The molecule has 2 heterocycles. The second-order valence-electron chi connectivity index (χ2n) is 7.07. The van der Waals surface area contributed by atoms with Crippen molar-refractivity contribution in [1.29, 1.82) is 0 Å². The predicted octanol–water partition coefficient (Wildman–Crippen LogP) is 6.48. The van der Waals surface area contributed by atoms with Gasteiger partial charge in [-0.25, -0.2) is 4.79 Å². The summed E-state index contributed by atoms with van der Waals surface area (Å²) in [4.78, 5) is 25.1. The van der Waals surface area contributed by atoms with Crippen LogP contribution in [0.5, 0.6) is 11.5 Å². The second-order valence-corrected chi connectivity index (χ2v) is 7.51. The molecule has 32 heavy (non-hydrogen) atoms. The normalized spacial score (nSPS) is 14.2. The van der Waals surface area contributed by atoms with E-state index in [0.29, 0.717) is 27.3 Å². The standard InChI is InChI=1S/C26H15ClO5/c27-18-9-12-21-17(13-18)14-24(31-21)26(29)30-19-10-11-20-23(15-19)32-22(25(20)28)8-4-7-16-5-2-1-3-6-16/h1-15H/b7-4+,22-8-. The summed E-state index contributed by atoms with van der Waals surface area (Å²) in [6.07, 6.45) is 5.24. The molecular weight excluding hydrogens is 428 g/mol. The van der Waals surface area contributed by atoms with Crippen LogP contribution in [0.3, 0.4) is 0 Å². The van der Waals surface area contributed by atoms with Crippen LogP contribution in [-0.2, 0) is 0 Å². The Kier molecular flexibility index (Phi) is 5.09. The van der Waals surface area contributed by atoms with Crippen LogP contribution < -0.4 is 9.47 Å². The van der Waals surface area contributed by atoms with Crippen LogP contribution in [0.2, 0.25) is 5.02 Å². The van der Waals surface area contributed by atoms with Crippen molar-refractivity contribution in [2.45, 2.75) is 0 Å². The molecule has 0 saturated heterocycles. The van der Waals surface area contributed by atoms with E-state index in [1.165, 1.54) is 6.07 Å². The van der Waals surface area contributed by atoms with Crippen LogP contribution in [0.1, 0.15) is 26.5 Å². The van der Waals surface area contributed by atoms with Gasteiger partial charge < -0.3 is 13.9 Å². The highest BCUT2D eigenvalue weighted by atomic mass is 35.5. The second kappa shape index (κ2) is 8.21. The third-order valence-corrected chi connectivity index (χ3v) is 5.10. The van der Waals surface area contributed by atoms with E-state index in [0.717, 1.165) is 5.56 Å². The first kappa shape index (κ1) is 19.8. The fraction of sp³-hybridized carbons (Fsp3) is 0. The van der Waals surface area contributed by atoms with Crippen LogP contribution in [-0.4, -0.2) is 11.8 Å². The summed E-state index contributed by atoms with van der Waals surface area (Å²) in [7, 11) is 0. The van der Waals surface area contributed by atoms with Gasteiger partial charge in [-0.05, 0) is 48.0 Å². The highest BCUT2D eigenvalue weighted by Crippen LogP contribution is 2.34. The average molecular weight is 443 g/mol. The van der Waals surface area contributed by atoms with Gasteiger partial charge in [0, 0.05) is 16.5 Å². The van der Waals surface area contributed by atoms with Gasteiger partial charge in [-0.15, -0.1) is 0 Å². The van der Waals surface area contributed by atoms with Crippen LogP contribution in [0, 0.1) is 0 Å². The highest BCUT2D eigenvalue weighted by Gasteiger charge is 2.27. The molecule has 4 aromatic rings. The molecule has 6 heteroatoms. The number of halogens is 1. The maximum atomic E-state index is 12.6. The maximum Gasteiger partial charge on any atom is 0.379 e. The summed E-state index contributed by atoms with van der Waals surface area (Å²) in [5.41, 5.74) is 1.94. The summed E-state index contributed by atoms with van der Waals surface area (Å²) in [6.45, 7) is 0. The van der Waals surface area contributed by atoms with Crippen molar-refractivity contribution in [3.05, 3.63) is 113 Å². The van der Waals surface area contributed by atoms with Crippen molar-refractivity contribution in [3.8, 4) is 11.5 Å². The summed E-state index contributed by atoms with van der Waals surface area (Å²) in [5.74, 6) is -0.0821. The van der Waals surface area contributed by atoms with Crippen molar-refractivity contribution >= 4 is 40.4 Å². The summed E-state index contributed by atoms with van der Waals surface area (Å²) >= 11 is 5.97. The Balaban J connectivity index is 1.32. The SMILES string of the molecule is O=C(Oc1ccc2c(c1)O/C(=C\C=C\c1ccccc1)C2=O)c1cc2cc(Cl)ccc2o1. The third-order valence-electron chi connectivity index (χ3n) is 4.87. The van der Waals surface area contributed by atoms with Crippen LogP contribution in [0.25, 0.3) is 17.0 Å². The molecular formula is C26H15ClO5. The van der Waals surface area contributed by atoms with E-state index in [4.69, 9.17) is 25.5 Å². The van der Waals surface area contributed by atoms with E-state index >= 15 is 0 Å². The molecule has 0 spiro atoms. The number of ketones is 1. The lowest BCUT2D eigenvalue weighted by Gasteiger charge is -2.03. The number of hydrogen-bond donors (Lipinski definition) is 0. The molecule has 1 aromatic heterocycles. The number of hydrogen-bond acceptors (Lipinski definition) is 5. The van der Waals surface area contributed by atoms with Gasteiger partial charge in [-0.1, -0.05) is 54.1 Å². The largest absolute Gasteiger partial charge is 0.452 e. The molecule has 156 valence electrons. The van der Waals surface area contributed by atoms with Gasteiger partial charge in [0.05, 0.1) is 5.56 Å². The fourth-order valence-corrected chi connectivity index (χ4v) is 3.51. The minimum Gasteiger partial charge on any atom is -0.452 e. The number of carbonyl (C=O) groups is 2. The van der Waals surface area contributed by atoms with E-state index < -0.39 is 5.97 Å². The zero-order valence-corrected chi connectivity index (χ0v) is 17.3. The summed E-state index contributed by atoms with van der Waals surface area (Å²) in [5, 5.41) is 1.24. The Morgan fingerprint density at radius 3 is 2.66 bits per heavy atom. The van der Waals surface area contributed by atoms with Crippen molar-refractivity contribution in [2.75, 3.05) is 0 Å². The third kappa shape index (κ3) is 3.94. The lowest BCUT2D eigenvalue weighted by molar-refractivity contribution is 0.0703. The van der Waals surface area contributed by atoms with Crippen LogP contribution >= 0.6 is 11.6 Å². The van der Waals surface area contributed by atoms with Crippen molar-refractivity contribution in [3.63, 3.8) is 0 Å². The molecule has 0 amide bonds. The minimum atomic E-state index is -0.664. The molecule has 0 unspecified atom stereocenters. The van der Waals surface area contributed by atoms with E-state index in [1.807, 2.05) is 36.4 Å². The fourth-order valence-electron chi connectivity index (χ4n) is 3.33. The van der Waals surface area contributed by atoms with Gasteiger partial charge in [0.2, 0.25) is 11.5 Å². The molecule has 1 aliphatic rings. The molecule has 5 rings (SSSR count). The van der Waals surface area contributed by atoms with Crippen LogP contribution in [0.15, 0.2) is 95.1 Å². The molecule has 0 saturated carbocycles. The molecule has 0 atom stereocenters. The number of ether oxygens (including phenoxy) is 2. The first-order valence-corrected chi connectivity index (χ1v) is 10.2. The lowest BCUT2D eigenvalue weighted by atomic mass is 10.1. The van der Waals surface area contributed by atoms with Gasteiger partial charge >= 0.3 is 5.97 Å². The van der Waals surface area contributed by atoms with Gasteiger partial charge in [-0.2, -0.15) is 0 Å². The monoisotopic (exact) mass is 442 g/mol. The highest BCUT2D eigenvalue weighted by molar-refractivity contribution is 6.31. The molecule has 0 radical (unpaired) electrons. The maximum absolute atomic E-state index is 12.6. The minimum absolute atomic E-state index is 0.0476. The number of furan rings is 1. The van der Waals surface area contributed by atoms with E-state index in [-0.39, 0.29) is 23.1 Å². The molecule has 1 aliphatic heterocycles. The average Bonchev–Trinajstić information content (AvgIpc) is 3.35. The Bertz CT molecular complexity index is 1410. The molecule has 0 bridgehead atoms. The number of allylic oxidation sites excluding steroid dienone is 3. The predicted molar refractivity (Wildman–Crippen MR) is 121 cm³/mol. The molecule has 3 aromatic carbocycles. The number of rotatable bonds is 4. The lowest BCUT2D eigenvalue weighted by Crippen LogP contribution is -2.07. The molecule has 5 nitrogen and oxygen atoms in total. The van der Waals surface area contributed by atoms with Gasteiger partial charge in [0.15, 0.2) is 5.76 Å². The van der Waals surface area contributed by atoms with Crippen LogP contribution in [0.4, 0.5) is 0 Å². The first-order valence-electron chi connectivity index (χ1n) is 9.78. The Morgan fingerprint density at radius 1 is 0.969 bits per heavy atom. The topological polar surface area (TPSA) is 65.7 Å². The zero-order valence-electron chi connectivity index (χ0n) is 16.6. The van der Waals surface area contributed by atoms with E-state index in [1.54, 1.807) is 48.6 Å². The van der Waals surface area contributed by atoms with Gasteiger partial charge in [0.25, 0.3) is 0 Å². The smallest absolute Gasteiger partial charge is 0.379 e. The summed E-state index contributed by atoms with van der Waals surface area (Å²) in [6, 6.07) is 21.0. The number of fused-ring (bicyclic) bond motifs is 2. The Morgan fingerprint density at radius 2 is 1.81 bits per heavy atom. The summed E-state index contributed by atoms with van der Waals surface area (Å²) < 4.78 is 16.6. The number of esters is 1. The quantitative estimate of drug-likeness (QED) is 0.205. The van der Waals surface area contributed by atoms with Gasteiger partial charge in [-0.3, -0.25) is 4.79 Å². The van der Waals surface area contributed by atoms with Crippen molar-refractivity contribution in [1.82, 2.24) is 0 Å². The van der Waals surface area contributed by atoms with E-state index in [2.05, 4.69) is 0 Å². The zero-order chi connectivity index (χ0) is 22.1. The number of Topliss-reactive ketones (excluding diaryl/α,β-unsaturated/α-hetero) is 1. The number of benzene rings is 3.